The fourth-order valence-electron chi connectivity index (χ4n) is 5.29. The predicted octanol–water partition coefficient (Wildman–Crippen LogP) is 1.24. The Bertz CT molecular complexity index is 720. The molecule has 0 radical (unpaired) electrons. The third-order valence-corrected chi connectivity index (χ3v) is 6.72. The molecule has 3 aliphatic rings. The minimum atomic E-state index is -0.405. The number of carbonyl (C=O) groups excluding carboxylic acids is 2. The SMILES string of the molecule is Cc1noc(C)c1CCC(=O)N1C[C@@H]2CN(C)C[C@]2(C(=O)N2CCCC2)C1. The van der Waals surface area contributed by atoms with E-state index in [0.29, 0.717) is 25.9 Å². The second kappa shape index (κ2) is 6.93. The monoisotopic (exact) mass is 374 g/mol. The Kier molecular flexibility index (Phi) is 4.74. The zero-order chi connectivity index (χ0) is 19.2. The summed E-state index contributed by atoms with van der Waals surface area (Å²) in [6, 6.07) is 0. The molecule has 4 heterocycles. The summed E-state index contributed by atoms with van der Waals surface area (Å²) in [6.45, 7) is 8.47. The van der Waals surface area contributed by atoms with Gasteiger partial charge in [-0.3, -0.25) is 9.59 Å². The van der Waals surface area contributed by atoms with Gasteiger partial charge in [0.15, 0.2) is 0 Å². The standard InChI is InChI=1S/C20H30N4O3/c1-14-17(15(2)27-21-14)6-7-18(25)24-11-16-10-22(3)12-20(16,13-24)19(26)23-8-4-5-9-23/h16H,4-13H2,1-3H3/t16-,20-/m0/s1. The molecular weight excluding hydrogens is 344 g/mol. The Balaban J connectivity index is 1.45. The number of rotatable bonds is 4. The summed E-state index contributed by atoms with van der Waals surface area (Å²) in [5, 5.41) is 3.97. The molecule has 7 nitrogen and oxygen atoms in total. The molecule has 2 atom stereocenters. The van der Waals surface area contributed by atoms with E-state index in [1.807, 2.05) is 23.6 Å². The molecule has 0 saturated carbocycles. The molecule has 3 saturated heterocycles. The first kappa shape index (κ1) is 18.5. The highest BCUT2D eigenvalue weighted by molar-refractivity contribution is 5.87. The molecule has 0 unspecified atom stereocenters. The van der Waals surface area contributed by atoms with Crippen molar-refractivity contribution >= 4 is 11.8 Å². The smallest absolute Gasteiger partial charge is 0.232 e. The van der Waals surface area contributed by atoms with Gasteiger partial charge in [0.05, 0.1) is 11.1 Å². The average Bonchev–Trinajstić information content (AvgIpc) is 3.37. The van der Waals surface area contributed by atoms with Crippen LogP contribution in [0.1, 0.15) is 36.3 Å². The first-order valence-corrected chi connectivity index (χ1v) is 10.1. The van der Waals surface area contributed by atoms with Crippen LogP contribution in [-0.4, -0.2) is 78.0 Å². The number of fused-ring (bicyclic) bond motifs is 1. The largest absolute Gasteiger partial charge is 0.361 e. The lowest BCUT2D eigenvalue weighted by Gasteiger charge is -2.32. The second-order valence-electron chi connectivity index (χ2n) is 8.63. The fourth-order valence-corrected chi connectivity index (χ4v) is 5.29. The summed E-state index contributed by atoms with van der Waals surface area (Å²) in [4.78, 5) is 32.5. The van der Waals surface area contributed by atoms with Gasteiger partial charge in [-0.25, -0.2) is 0 Å². The summed E-state index contributed by atoms with van der Waals surface area (Å²) in [6.07, 6.45) is 3.29. The Morgan fingerprint density at radius 3 is 2.56 bits per heavy atom. The molecule has 0 aromatic carbocycles. The van der Waals surface area contributed by atoms with Crippen molar-refractivity contribution in [1.29, 1.82) is 0 Å². The van der Waals surface area contributed by atoms with E-state index in [4.69, 9.17) is 4.52 Å². The van der Waals surface area contributed by atoms with Gasteiger partial charge >= 0.3 is 0 Å². The van der Waals surface area contributed by atoms with E-state index < -0.39 is 5.41 Å². The fraction of sp³-hybridized carbons (Fsp3) is 0.750. The van der Waals surface area contributed by atoms with Crippen molar-refractivity contribution in [3.63, 3.8) is 0 Å². The summed E-state index contributed by atoms with van der Waals surface area (Å²) < 4.78 is 5.20. The van der Waals surface area contributed by atoms with Crippen LogP contribution >= 0.6 is 0 Å². The van der Waals surface area contributed by atoms with E-state index in [0.717, 1.165) is 56.0 Å². The van der Waals surface area contributed by atoms with Crippen LogP contribution in [0.15, 0.2) is 4.52 Å². The van der Waals surface area contributed by atoms with E-state index in [-0.39, 0.29) is 17.7 Å². The predicted molar refractivity (Wildman–Crippen MR) is 100 cm³/mol. The van der Waals surface area contributed by atoms with E-state index in [1.165, 1.54) is 0 Å². The molecular formula is C20H30N4O3. The van der Waals surface area contributed by atoms with Crippen LogP contribution in [0.4, 0.5) is 0 Å². The highest BCUT2D eigenvalue weighted by atomic mass is 16.5. The average molecular weight is 374 g/mol. The van der Waals surface area contributed by atoms with Crippen molar-refractivity contribution in [2.24, 2.45) is 11.3 Å². The van der Waals surface area contributed by atoms with Gasteiger partial charge in [-0.1, -0.05) is 5.16 Å². The van der Waals surface area contributed by atoms with E-state index >= 15 is 0 Å². The van der Waals surface area contributed by atoms with Gasteiger partial charge in [-0.15, -0.1) is 0 Å². The molecule has 3 aliphatic heterocycles. The topological polar surface area (TPSA) is 69.9 Å². The lowest BCUT2D eigenvalue weighted by molar-refractivity contribution is -0.141. The van der Waals surface area contributed by atoms with Gasteiger partial charge in [0.1, 0.15) is 5.76 Å². The Morgan fingerprint density at radius 1 is 1.15 bits per heavy atom. The number of hydrogen-bond acceptors (Lipinski definition) is 5. The van der Waals surface area contributed by atoms with Crippen LogP contribution in [0, 0.1) is 25.2 Å². The van der Waals surface area contributed by atoms with Gasteiger partial charge in [-0.05, 0) is 40.2 Å². The third kappa shape index (κ3) is 3.16. The van der Waals surface area contributed by atoms with Crippen molar-refractivity contribution in [2.45, 2.75) is 39.5 Å². The maximum atomic E-state index is 13.3. The van der Waals surface area contributed by atoms with Gasteiger partial charge in [-0.2, -0.15) is 0 Å². The number of amides is 2. The lowest BCUT2D eigenvalue weighted by atomic mass is 9.79. The molecule has 2 amide bonds. The van der Waals surface area contributed by atoms with Crippen molar-refractivity contribution in [1.82, 2.24) is 19.9 Å². The highest BCUT2D eigenvalue weighted by Gasteiger charge is 2.58. The maximum absolute atomic E-state index is 13.3. The van der Waals surface area contributed by atoms with Gasteiger partial charge in [0.25, 0.3) is 0 Å². The molecule has 7 heteroatoms. The molecule has 3 fully saturated rings. The summed E-state index contributed by atoms with van der Waals surface area (Å²) in [5.74, 6) is 1.45. The molecule has 1 aromatic rings. The minimum Gasteiger partial charge on any atom is -0.361 e. The Labute approximate surface area is 160 Å². The molecule has 27 heavy (non-hydrogen) atoms. The number of likely N-dealkylation sites (tertiary alicyclic amines) is 3. The molecule has 0 bridgehead atoms. The molecule has 0 N–H and O–H groups in total. The first-order chi connectivity index (χ1) is 12.9. The maximum Gasteiger partial charge on any atom is 0.232 e. The Morgan fingerprint density at radius 2 is 1.89 bits per heavy atom. The number of hydrogen-bond donors (Lipinski definition) is 0. The van der Waals surface area contributed by atoms with Gasteiger partial charge in [0, 0.05) is 57.2 Å². The second-order valence-corrected chi connectivity index (χ2v) is 8.63. The Hall–Kier alpha value is -1.89. The van der Waals surface area contributed by atoms with Crippen molar-refractivity contribution in [2.75, 3.05) is 46.3 Å². The summed E-state index contributed by atoms with van der Waals surface area (Å²) >= 11 is 0. The normalized spacial score (nSPS) is 28.2. The van der Waals surface area contributed by atoms with Crippen molar-refractivity contribution < 1.29 is 14.1 Å². The number of aryl methyl sites for hydroxylation is 2. The number of carbonyl (C=O) groups is 2. The summed E-state index contributed by atoms with van der Waals surface area (Å²) in [7, 11) is 2.08. The summed E-state index contributed by atoms with van der Waals surface area (Å²) in [5.41, 5.74) is 1.49. The van der Waals surface area contributed by atoms with Crippen LogP contribution in [0.25, 0.3) is 0 Å². The zero-order valence-corrected chi connectivity index (χ0v) is 16.7. The molecule has 0 spiro atoms. The van der Waals surface area contributed by atoms with Gasteiger partial charge < -0.3 is 19.2 Å². The highest BCUT2D eigenvalue weighted by Crippen LogP contribution is 2.44. The van der Waals surface area contributed by atoms with Crippen molar-refractivity contribution in [3.8, 4) is 0 Å². The quantitative estimate of drug-likeness (QED) is 0.793. The van der Waals surface area contributed by atoms with E-state index in [9.17, 15) is 9.59 Å². The van der Waals surface area contributed by atoms with Crippen LogP contribution in [0.3, 0.4) is 0 Å². The van der Waals surface area contributed by atoms with Crippen LogP contribution in [-0.2, 0) is 16.0 Å². The third-order valence-electron chi connectivity index (χ3n) is 6.72. The molecule has 1 aromatic heterocycles. The van der Waals surface area contributed by atoms with Crippen LogP contribution in [0.2, 0.25) is 0 Å². The first-order valence-electron chi connectivity index (χ1n) is 10.1. The minimum absolute atomic E-state index is 0.139. The number of aromatic nitrogens is 1. The zero-order valence-electron chi connectivity index (χ0n) is 16.7. The molecule has 0 aliphatic carbocycles. The van der Waals surface area contributed by atoms with Gasteiger partial charge in [0.2, 0.25) is 11.8 Å². The van der Waals surface area contributed by atoms with Crippen LogP contribution < -0.4 is 0 Å². The van der Waals surface area contributed by atoms with E-state index in [1.54, 1.807) is 0 Å². The lowest BCUT2D eigenvalue weighted by Crippen LogP contribution is -2.49. The van der Waals surface area contributed by atoms with Crippen molar-refractivity contribution in [3.05, 3.63) is 17.0 Å². The molecule has 148 valence electrons. The molecule has 4 rings (SSSR count). The van der Waals surface area contributed by atoms with Crippen LogP contribution in [0.5, 0.6) is 0 Å². The number of nitrogens with zero attached hydrogens (tertiary/aromatic N) is 4. The van der Waals surface area contributed by atoms with E-state index in [2.05, 4.69) is 17.1 Å².